The highest BCUT2D eigenvalue weighted by Gasteiger charge is 2.26. The van der Waals surface area contributed by atoms with E-state index in [1.54, 1.807) is 40.1 Å². The molecule has 1 aliphatic rings. The van der Waals surface area contributed by atoms with E-state index in [1.165, 1.54) is 0 Å². The fraction of sp³-hybridized carbons (Fsp3) is 0.364. The Morgan fingerprint density at radius 3 is 2.18 bits per heavy atom. The van der Waals surface area contributed by atoms with Gasteiger partial charge in [0.05, 0.1) is 12.1 Å². The van der Waals surface area contributed by atoms with Crippen molar-refractivity contribution in [2.75, 3.05) is 32.7 Å². The fourth-order valence-corrected chi connectivity index (χ4v) is 3.40. The van der Waals surface area contributed by atoms with Gasteiger partial charge >= 0.3 is 0 Å². The van der Waals surface area contributed by atoms with Crippen LogP contribution < -0.4 is 0 Å². The van der Waals surface area contributed by atoms with Crippen LogP contribution in [0.15, 0.2) is 42.5 Å². The molecule has 0 spiro atoms. The quantitative estimate of drug-likeness (QED) is 0.738. The lowest BCUT2D eigenvalue weighted by molar-refractivity contribution is 0.0457. The number of alkyl halides is 2. The van der Waals surface area contributed by atoms with Crippen LogP contribution in [-0.2, 0) is 0 Å². The molecule has 2 aromatic carbocycles. The molecule has 148 valence electrons. The van der Waals surface area contributed by atoms with E-state index in [4.69, 9.17) is 0 Å². The first-order valence-electron chi connectivity index (χ1n) is 9.37. The predicted octanol–water partition coefficient (Wildman–Crippen LogP) is 3.56. The smallest absolute Gasteiger partial charge is 0.254 e. The van der Waals surface area contributed by atoms with Crippen molar-refractivity contribution in [1.29, 1.82) is 0 Å². The molecule has 0 atom stereocenters. The first-order chi connectivity index (χ1) is 13.4. The van der Waals surface area contributed by atoms with E-state index < -0.39 is 6.43 Å². The highest BCUT2D eigenvalue weighted by atomic mass is 19.3. The number of hydrogen-bond donors (Lipinski definition) is 0. The third-order valence-electron chi connectivity index (χ3n) is 5.23. The minimum absolute atomic E-state index is 0.191. The SMILES string of the molecule is Cc1ccc(C(=O)c2ccccc2C(=O)N2CCN(CC(F)F)CC2)cc1C. The molecule has 28 heavy (non-hydrogen) atoms. The fourth-order valence-electron chi connectivity index (χ4n) is 3.40. The molecule has 0 aliphatic carbocycles. The Labute approximate surface area is 163 Å². The van der Waals surface area contributed by atoms with Gasteiger partial charge < -0.3 is 4.90 Å². The van der Waals surface area contributed by atoms with Gasteiger partial charge in [0.25, 0.3) is 12.3 Å². The summed E-state index contributed by atoms with van der Waals surface area (Å²) in [6, 6.07) is 12.3. The van der Waals surface area contributed by atoms with Crippen molar-refractivity contribution in [2.45, 2.75) is 20.3 Å². The van der Waals surface area contributed by atoms with Crippen molar-refractivity contribution in [3.8, 4) is 0 Å². The topological polar surface area (TPSA) is 40.6 Å². The normalized spacial score (nSPS) is 15.1. The monoisotopic (exact) mass is 386 g/mol. The number of nitrogens with zero attached hydrogens (tertiary/aromatic N) is 2. The number of rotatable bonds is 5. The average Bonchev–Trinajstić information content (AvgIpc) is 2.69. The molecular weight excluding hydrogens is 362 g/mol. The summed E-state index contributed by atoms with van der Waals surface area (Å²) < 4.78 is 25.1. The Kier molecular flexibility index (Phi) is 6.19. The molecule has 1 heterocycles. The van der Waals surface area contributed by atoms with Crippen LogP contribution >= 0.6 is 0 Å². The standard InChI is InChI=1S/C22H24F2N2O2/c1-15-7-8-17(13-16(15)2)21(27)18-5-3-4-6-19(18)22(28)26-11-9-25(10-12-26)14-20(23)24/h3-8,13,20H,9-12,14H2,1-2H3. The van der Waals surface area contributed by atoms with E-state index in [1.807, 2.05) is 26.0 Å². The second kappa shape index (κ2) is 8.61. The molecule has 4 nitrogen and oxygen atoms in total. The molecule has 0 aromatic heterocycles. The first-order valence-corrected chi connectivity index (χ1v) is 9.37. The van der Waals surface area contributed by atoms with Crippen molar-refractivity contribution < 1.29 is 18.4 Å². The highest BCUT2D eigenvalue weighted by molar-refractivity contribution is 6.15. The van der Waals surface area contributed by atoms with Crippen LogP contribution in [0.1, 0.15) is 37.4 Å². The minimum Gasteiger partial charge on any atom is -0.336 e. The van der Waals surface area contributed by atoms with Gasteiger partial charge in [-0.1, -0.05) is 30.3 Å². The van der Waals surface area contributed by atoms with Crippen molar-refractivity contribution in [2.24, 2.45) is 0 Å². The second-order valence-corrected chi connectivity index (χ2v) is 7.16. The molecular formula is C22H24F2N2O2. The molecule has 0 bridgehead atoms. The lowest BCUT2D eigenvalue weighted by Crippen LogP contribution is -2.50. The molecule has 0 radical (unpaired) electrons. The van der Waals surface area contributed by atoms with Crippen LogP contribution in [0.25, 0.3) is 0 Å². The van der Waals surface area contributed by atoms with Crippen LogP contribution in [0, 0.1) is 13.8 Å². The average molecular weight is 386 g/mol. The van der Waals surface area contributed by atoms with Crippen LogP contribution in [0.5, 0.6) is 0 Å². The number of piperazine rings is 1. The summed E-state index contributed by atoms with van der Waals surface area (Å²) in [6.45, 7) is 5.21. The number of benzene rings is 2. The number of ketones is 1. The Morgan fingerprint density at radius 1 is 0.929 bits per heavy atom. The zero-order chi connectivity index (χ0) is 20.3. The molecule has 2 aromatic rings. The van der Waals surface area contributed by atoms with Gasteiger partial charge in [-0.15, -0.1) is 0 Å². The summed E-state index contributed by atoms with van der Waals surface area (Å²) in [5.74, 6) is -0.423. The van der Waals surface area contributed by atoms with Gasteiger partial charge in [-0.2, -0.15) is 0 Å². The first kappa shape index (κ1) is 20.1. The van der Waals surface area contributed by atoms with E-state index in [2.05, 4.69) is 0 Å². The molecule has 0 saturated carbocycles. The number of carbonyl (C=O) groups is 2. The lowest BCUT2D eigenvalue weighted by atomic mass is 9.95. The molecule has 1 aliphatic heterocycles. The Balaban J connectivity index is 1.79. The number of aryl methyl sites for hydroxylation is 2. The van der Waals surface area contributed by atoms with Gasteiger partial charge in [-0.05, 0) is 37.1 Å². The van der Waals surface area contributed by atoms with Crippen molar-refractivity contribution in [3.05, 3.63) is 70.3 Å². The van der Waals surface area contributed by atoms with Gasteiger partial charge in [-0.25, -0.2) is 8.78 Å². The maximum atomic E-state index is 13.0. The van der Waals surface area contributed by atoms with E-state index in [0.717, 1.165) is 11.1 Å². The Bertz CT molecular complexity index is 875. The third kappa shape index (κ3) is 4.44. The second-order valence-electron chi connectivity index (χ2n) is 7.16. The molecule has 3 rings (SSSR count). The summed E-state index contributed by atoms with van der Waals surface area (Å²) in [4.78, 5) is 29.3. The van der Waals surface area contributed by atoms with Crippen LogP contribution in [-0.4, -0.2) is 60.6 Å². The number of amides is 1. The van der Waals surface area contributed by atoms with Gasteiger partial charge in [0.1, 0.15) is 0 Å². The summed E-state index contributed by atoms with van der Waals surface area (Å²) in [5, 5.41) is 0. The largest absolute Gasteiger partial charge is 0.336 e. The van der Waals surface area contributed by atoms with Crippen LogP contribution in [0.4, 0.5) is 8.78 Å². The van der Waals surface area contributed by atoms with Crippen molar-refractivity contribution >= 4 is 11.7 Å². The summed E-state index contributed by atoms with van der Waals surface area (Å²) in [5.41, 5.74) is 3.39. The molecule has 0 unspecified atom stereocenters. The highest BCUT2D eigenvalue weighted by Crippen LogP contribution is 2.19. The number of halogens is 2. The summed E-state index contributed by atoms with van der Waals surface area (Å²) in [6.07, 6.45) is -2.38. The molecule has 0 N–H and O–H groups in total. The minimum atomic E-state index is -2.38. The van der Waals surface area contributed by atoms with E-state index >= 15 is 0 Å². The Morgan fingerprint density at radius 2 is 1.57 bits per heavy atom. The lowest BCUT2D eigenvalue weighted by Gasteiger charge is -2.34. The molecule has 1 amide bonds. The zero-order valence-electron chi connectivity index (χ0n) is 16.1. The molecule has 1 saturated heterocycles. The maximum absolute atomic E-state index is 13.0. The summed E-state index contributed by atoms with van der Waals surface area (Å²) in [7, 11) is 0. The zero-order valence-corrected chi connectivity index (χ0v) is 16.1. The van der Waals surface area contributed by atoms with Gasteiger partial charge in [-0.3, -0.25) is 14.5 Å². The van der Waals surface area contributed by atoms with E-state index in [-0.39, 0.29) is 18.2 Å². The van der Waals surface area contributed by atoms with Crippen molar-refractivity contribution in [3.63, 3.8) is 0 Å². The van der Waals surface area contributed by atoms with Crippen LogP contribution in [0.3, 0.4) is 0 Å². The van der Waals surface area contributed by atoms with Gasteiger partial charge in [0.2, 0.25) is 0 Å². The van der Waals surface area contributed by atoms with Crippen LogP contribution in [0.2, 0.25) is 0 Å². The number of hydrogen-bond acceptors (Lipinski definition) is 3. The van der Waals surface area contributed by atoms with Gasteiger partial charge in [0, 0.05) is 37.3 Å². The molecule has 6 heteroatoms. The molecule has 1 fully saturated rings. The van der Waals surface area contributed by atoms with Gasteiger partial charge in [0.15, 0.2) is 5.78 Å². The number of carbonyl (C=O) groups excluding carboxylic acids is 2. The summed E-state index contributed by atoms with van der Waals surface area (Å²) >= 11 is 0. The maximum Gasteiger partial charge on any atom is 0.254 e. The third-order valence-corrected chi connectivity index (χ3v) is 5.23. The van der Waals surface area contributed by atoms with E-state index in [9.17, 15) is 18.4 Å². The Hall–Kier alpha value is -2.60. The predicted molar refractivity (Wildman–Crippen MR) is 104 cm³/mol. The van der Waals surface area contributed by atoms with Crippen molar-refractivity contribution in [1.82, 2.24) is 9.80 Å². The van der Waals surface area contributed by atoms with E-state index in [0.29, 0.717) is 42.9 Å².